The van der Waals surface area contributed by atoms with Crippen molar-refractivity contribution in [2.75, 3.05) is 13.1 Å². The van der Waals surface area contributed by atoms with Gasteiger partial charge in [-0.15, -0.1) is 0 Å². The van der Waals surface area contributed by atoms with Crippen LogP contribution in [-0.2, 0) is 11.2 Å². The first-order valence-corrected chi connectivity index (χ1v) is 7.70. The Bertz CT molecular complexity index is 427. The molecule has 0 N–H and O–H groups in total. The Kier molecular flexibility index (Phi) is 5.94. The van der Waals surface area contributed by atoms with Gasteiger partial charge in [0.2, 0.25) is 0 Å². The minimum absolute atomic E-state index is 0.290. The number of likely N-dealkylation sites (N-methyl/N-ethyl adjacent to an activating group) is 1. The number of nitrogens with zero attached hydrogens (tertiary/aromatic N) is 1. The molecular weight excluding hydrogens is 246 g/mol. The normalized spacial score (nSPS) is 12.2. The zero-order valence-corrected chi connectivity index (χ0v) is 13.9. The molecule has 0 aliphatic rings. The van der Waals surface area contributed by atoms with Crippen LogP contribution in [0.5, 0.6) is 0 Å². The number of hydrogen-bond acceptors (Lipinski definition) is 2. The number of ketones is 1. The Morgan fingerprint density at radius 1 is 1.10 bits per heavy atom. The van der Waals surface area contributed by atoms with Crippen LogP contribution >= 0.6 is 0 Å². The summed E-state index contributed by atoms with van der Waals surface area (Å²) in [6, 6.07) is 8.45. The van der Waals surface area contributed by atoms with E-state index in [4.69, 9.17) is 0 Å². The Morgan fingerprint density at radius 2 is 1.60 bits per heavy atom. The van der Waals surface area contributed by atoms with Crippen molar-refractivity contribution >= 4 is 5.78 Å². The molecule has 0 saturated carbocycles. The van der Waals surface area contributed by atoms with Crippen molar-refractivity contribution in [1.29, 1.82) is 0 Å². The molecule has 2 heteroatoms. The molecule has 1 aromatic rings. The van der Waals surface area contributed by atoms with E-state index in [0.717, 1.165) is 18.7 Å². The molecule has 1 rings (SSSR count). The first-order chi connectivity index (χ1) is 9.32. The number of rotatable bonds is 7. The van der Waals surface area contributed by atoms with E-state index in [2.05, 4.69) is 56.9 Å². The molecule has 0 bridgehead atoms. The van der Waals surface area contributed by atoms with Gasteiger partial charge < -0.3 is 0 Å². The molecule has 0 spiro atoms. The van der Waals surface area contributed by atoms with E-state index >= 15 is 0 Å². The first kappa shape index (κ1) is 16.9. The molecule has 20 heavy (non-hydrogen) atoms. The van der Waals surface area contributed by atoms with Gasteiger partial charge in [0, 0.05) is 6.42 Å². The predicted molar refractivity (Wildman–Crippen MR) is 86.2 cm³/mol. The van der Waals surface area contributed by atoms with E-state index in [0.29, 0.717) is 18.1 Å². The van der Waals surface area contributed by atoms with E-state index < -0.39 is 0 Å². The van der Waals surface area contributed by atoms with E-state index in [1.807, 2.05) is 13.8 Å². The van der Waals surface area contributed by atoms with Gasteiger partial charge in [-0.25, -0.2) is 0 Å². The fourth-order valence-corrected chi connectivity index (χ4v) is 2.61. The average Bonchev–Trinajstić information content (AvgIpc) is 2.40. The Balaban J connectivity index is 2.79. The van der Waals surface area contributed by atoms with Crippen molar-refractivity contribution in [3.63, 3.8) is 0 Å². The van der Waals surface area contributed by atoms with Gasteiger partial charge in [-0.2, -0.15) is 0 Å². The van der Waals surface area contributed by atoms with Gasteiger partial charge in [0.15, 0.2) is 5.78 Å². The molecule has 2 nitrogen and oxygen atoms in total. The van der Waals surface area contributed by atoms with E-state index in [1.54, 1.807) is 0 Å². The summed E-state index contributed by atoms with van der Waals surface area (Å²) in [7, 11) is 0. The Hall–Kier alpha value is -1.15. The second kappa shape index (κ2) is 7.03. The number of carbonyl (C=O) groups is 1. The average molecular weight is 275 g/mol. The van der Waals surface area contributed by atoms with Gasteiger partial charge in [-0.05, 0) is 44.0 Å². The van der Waals surface area contributed by atoms with Crippen LogP contribution in [0.1, 0.15) is 58.6 Å². The lowest BCUT2D eigenvalue weighted by atomic mass is 9.91. The molecule has 0 unspecified atom stereocenters. The second-order valence-electron chi connectivity index (χ2n) is 6.23. The van der Waals surface area contributed by atoms with Crippen LogP contribution < -0.4 is 0 Å². The van der Waals surface area contributed by atoms with Gasteiger partial charge in [-0.3, -0.25) is 9.69 Å². The molecule has 0 heterocycles. The SMILES string of the molecule is CCN(CC)C(C)(C)C(=O)Cc1ccc(C(C)C)cc1. The van der Waals surface area contributed by atoms with Crippen LogP contribution in [0.25, 0.3) is 0 Å². The van der Waals surface area contributed by atoms with Gasteiger partial charge in [0.05, 0.1) is 5.54 Å². The minimum atomic E-state index is -0.389. The van der Waals surface area contributed by atoms with Crippen LogP contribution in [0.4, 0.5) is 0 Å². The molecule has 0 aliphatic heterocycles. The Morgan fingerprint density at radius 3 is 2.00 bits per heavy atom. The molecule has 0 radical (unpaired) electrons. The molecule has 0 amide bonds. The standard InChI is InChI=1S/C18H29NO/c1-7-19(8-2)18(5,6)17(20)13-15-9-11-16(12-10-15)14(3)4/h9-12,14H,7-8,13H2,1-6H3. The van der Waals surface area contributed by atoms with Crippen molar-refractivity contribution in [2.45, 2.75) is 59.4 Å². The summed E-state index contributed by atoms with van der Waals surface area (Å²) in [5, 5.41) is 0. The minimum Gasteiger partial charge on any atom is -0.297 e. The molecule has 0 atom stereocenters. The quantitative estimate of drug-likeness (QED) is 0.748. The monoisotopic (exact) mass is 275 g/mol. The van der Waals surface area contributed by atoms with Gasteiger partial charge in [0.1, 0.15) is 0 Å². The largest absolute Gasteiger partial charge is 0.297 e. The topological polar surface area (TPSA) is 20.3 Å². The van der Waals surface area contributed by atoms with Crippen LogP contribution in [0, 0.1) is 0 Å². The molecule has 0 aliphatic carbocycles. The van der Waals surface area contributed by atoms with Crippen molar-refractivity contribution in [3.8, 4) is 0 Å². The van der Waals surface area contributed by atoms with E-state index in [1.165, 1.54) is 5.56 Å². The lowest BCUT2D eigenvalue weighted by Crippen LogP contribution is -2.50. The van der Waals surface area contributed by atoms with E-state index in [9.17, 15) is 4.79 Å². The summed E-state index contributed by atoms with van der Waals surface area (Å²) < 4.78 is 0. The summed E-state index contributed by atoms with van der Waals surface area (Å²) >= 11 is 0. The van der Waals surface area contributed by atoms with Crippen LogP contribution in [0.3, 0.4) is 0 Å². The third-order valence-corrected chi connectivity index (χ3v) is 4.25. The second-order valence-corrected chi connectivity index (χ2v) is 6.23. The highest BCUT2D eigenvalue weighted by Gasteiger charge is 2.32. The summed E-state index contributed by atoms with van der Waals surface area (Å²) in [5.41, 5.74) is 2.05. The molecule has 1 aromatic carbocycles. The van der Waals surface area contributed by atoms with Gasteiger partial charge in [0.25, 0.3) is 0 Å². The highest BCUT2D eigenvalue weighted by molar-refractivity contribution is 5.89. The van der Waals surface area contributed by atoms with Crippen LogP contribution in [0.15, 0.2) is 24.3 Å². The smallest absolute Gasteiger partial charge is 0.156 e. The lowest BCUT2D eigenvalue weighted by molar-refractivity contribution is -0.128. The molecule has 112 valence electrons. The maximum absolute atomic E-state index is 12.6. The summed E-state index contributed by atoms with van der Waals surface area (Å²) in [5.74, 6) is 0.824. The highest BCUT2D eigenvalue weighted by Crippen LogP contribution is 2.20. The highest BCUT2D eigenvalue weighted by atomic mass is 16.1. The molecule has 0 aromatic heterocycles. The number of hydrogen-bond donors (Lipinski definition) is 0. The van der Waals surface area contributed by atoms with Gasteiger partial charge >= 0.3 is 0 Å². The zero-order chi connectivity index (χ0) is 15.3. The van der Waals surface area contributed by atoms with Crippen molar-refractivity contribution < 1.29 is 4.79 Å². The molecule has 0 fully saturated rings. The summed E-state index contributed by atoms with van der Waals surface area (Å²) in [6.07, 6.45) is 0.516. The zero-order valence-electron chi connectivity index (χ0n) is 13.9. The molecular formula is C18H29NO. The maximum Gasteiger partial charge on any atom is 0.156 e. The third kappa shape index (κ3) is 3.92. The summed E-state index contributed by atoms with van der Waals surface area (Å²) in [6.45, 7) is 14.5. The number of Topliss-reactive ketones (excluding diaryl/α,β-unsaturated/α-hetero) is 1. The van der Waals surface area contributed by atoms with Crippen LogP contribution in [0.2, 0.25) is 0 Å². The van der Waals surface area contributed by atoms with Crippen molar-refractivity contribution in [1.82, 2.24) is 4.90 Å². The first-order valence-electron chi connectivity index (χ1n) is 7.70. The fraction of sp³-hybridized carbons (Fsp3) is 0.611. The van der Waals surface area contributed by atoms with Crippen LogP contribution in [-0.4, -0.2) is 29.3 Å². The van der Waals surface area contributed by atoms with Crippen molar-refractivity contribution in [2.24, 2.45) is 0 Å². The lowest BCUT2D eigenvalue weighted by Gasteiger charge is -2.35. The Labute approximate surface area is 124 Å². The number of benzene rings is 1. The summed E-state index contributed by atoms with van der Waals surface area (Å²) in [4.78, 5) is 14.8. The van der Waals surface area contributed by atoms with Crippen molar-refractivity contribution in [3.05, 3.63) is 35.4 Å². The van der Waals surface area contributed by atoms with Gasteiger partial charge in [-0.1, -0.05) is 52.0 Å². The van der Waals surface area contributed by atoms with E-state index in [-0.39, 0.29) is 5.54 Å². The maximum atomic E-state index is 12.6. The third-order valence-electron chi connectivity index (χ3n) is 4.25. The predicted octanol–water partition coefficient (Wildman–Crippen LogP) is 4.04. The molecule has 0 saturated heterocycles. The fourth-order valence-electron chi connectivity index (χ4n) is 2.61. The number of carbonyl (C=O) groups excluding carboxylic acids is 1.